The summed E-state index contributed by atoms with van der Waals surface area (Å²) < 4.78 is 54.9. The van der Waals surface area contributed by atoms with Crippen LogP contribution in [0.15, 0.2) is 71.6 Å². The second kappa shape index (κ2) is 11.8. The van der Waals surface area contributed by atoms with Crippen molar-refractivity contribution < 1.29 is 21.6 Å². The van der Waals surface area contributed by atoms with Crippen LogP contribution in [0.4, 0.5) is 11.4 Å². The molecule has 1 heterocycles. The minimum Gasteiger partial charge on any atom is -0.326 e. The van der Waals surface area contributed by atoms with E-state index in [4.69, 9.17) is 34.8 Å². The number of benzene rings is 3. The highest BCUT2D eigenvalue weighted by atomic mass is 35.5. The van der Waals surface area contributed by atoms with Gasteiger partial charge in [-0.05, 0) is 66.9 Å². The van der Waals surface area contributed by atoms with Crippen molar-refractivity contribution in [3.8, 4) is 0 Å². The second-order valence-electron chi connectivity index (χ2n) is 8.78. The maximum absolute atomic E-state index is 12.9. The van der Waals surface area contributed by atoms with Crippen molar-refractivity contribution in [3.05, 3.63) is 87.4 Å². The second-order valence-corrected chi connectivity index (χ2v) is 13.6. The van der Waals surface area contributed by atoms with Gasteiger partial charge in [-0.25, -0.2) is 21.1 Å². The lowest BCUT2D eigenvalue weighted by Crippen LogP contribution is -2.41. The van der Waals surface area contributed by atoms with Gasteiger partial charge in [0.05, 0.1) is 31.4 Å². The van der Waals surface area contributed by atoms with E-state index in [9.17, 15) is 21.6 Å². The molecule has 202 valence electrons. The number of amides is 1. The van der Waals surface area contributed by atoms with Crippen molar-refractivity contribution in [1.29, 1.82) is 0 Å². The SMILES string of the molecule is O=C(Nc1ccc(S(=O)(=O)Nc2ccccc2Cl)cc1)C1CCN(S(=O)(=O)Cc2ccc(Cl)c(Cl)c2)CC1. The fourth-order valence-electron chi connectivity index (χ4n) is 4.04. The number of hydrogen-bond donors (Lipinski definition) is 2. The fraction of sp³-hybridized carbons (Fsp3) is 0.240. The van der Waals surface area contributed by atoms with Gasteiger partial charge in [-0.15, -0.1) is 0 Å². The highest BCUT2D eigenvalue weighted by Crippen LogP contribution is 2.27. The van der Waals surface area contributed by atoms with Gasteiger partial charge in [0.15, 0.2) is 0 Å². The number of piperidine rings is 1. The first-order valence-electron chi connectivity index (χ1n) is 11.5. The van der Waals surface area contributed by atoms with Gasteiger partial charge < -0.3 is 5.32 Å². The van der Waals surface area contributed by atoms with E-state index in [1.165, 1.54) is 34.6 Å². The Balaban J connectivity index is 1.32. The molecule has 1 fully saturated rings. The number of halogens is 3. The minimum absolute atomic E-state index is 0.0101. The number of sulfonamides is 2. The average molecular weight is 617 g/mol. The van der Waals surface area contributed by atoms with Gasteiger partial charge in [0.1, 0.15) is 0 Å². The topological polar surface area (TPSA) is 113 Å². The molecular weight excluding hydrogens is 593 g/mol. The summed E-state index contributed by atoms with van der Waals surface area (Å²) in [6.45, 7) is 0.430. The fourth-order valence-corrected chi connectivity index (χ4v) is 7.23. The number of rotatable bonds is 8. The first kappa shape index (κ1) is 28.7. The van der Waals surface area contributed by atoms with Crippen LogP contribution in [0, 0.1) is 5.92 Å². The number of para-hydroxylation sites is 1. The van der Waals surface area contributed by atoms with Gasteiger partial charge in [-0.1, -0.05) is 53.0 Å². The molecule has 0 saturated carbocycles. The van der Waals surface area contributed by atoms with Crippen LogP contribution >= 0.6 is 34.8 Å². The molecule has 1 saturated heterocycles. The Kier molecular flexibility index (Phi) is 8.91. The molecule has 0 radical (unpaired) electrons. The van der Waals surface area contributed by atoms with Crippen LogP contribution in [0.2, 0.25) is 15.1 Å². The van der Waals surface area contributed by atoms with Gasteiger partial charge in [0, 0.05) is 24.7 Å². The Hall–Kier alpha value is -2.34. The third-order valence-electron chi connectivity index (χ3n) is 6.10. The number of nitrogens with one attached hydrogen (secondary N) is 2. The van der Waals surface area contributed by atoms with Crippen LogP contribution in [0.1, 0.15) is 18.4 Å². The van der Waals surface area contributed by atoms with Crippen LogP contribution in [-0.2, 0) is 30.6 Å². The minimum atomic E-state index is -3.87. The Labute approximate surface area is 237 Å². The van der Waals surface area contributed by atoms with Gasteiger partial charge in [0.2, 0.25) is 15.9 Å². The van der Waals surface area contributed by atoms with E-state index in [2.05, 4.69) is 10.0 Å². The molecule has 1 amide bonds. The van der Waals surface area contributed by atoms with Crippen molar-refractivity contribution in [2.24, 2.45) is 5.92 Å². The van der Waals surface area contributed by atoms with Gasteiger partial charge in [-0.2, -0.15) is 0 Å². The summed E-state index contributed by atoms with van der Waals surface area (Å²) in [6.07, 6.45) is 0.724. The molecule has 0 atom stereocenters. The Morgan fingerprint density at radius 3 is 2.13 bits per heavy atom. The molecule has 8 nitrogen and oxygen atoms in total. The van der Waals surface area contributed by atoms with E-state index in [0.29, 0.717) is 29.1 Å². The number of hydrogen-bond acceptors (Lipinski definition) is 5. The molecule has 3 aromatic carbocycles. The largest absolute Gasteiger partial charge is 0.326 e. The number of anilines is 2. The summed E-state index contributed by atoms with van der Waals surface area (Å²) in [7, 11) is -7.46. The Morgan fingerprint density at radius 1 is 0.842 bits per heavy atom. The van der Waals surface area contributed by atoms with Crippen molar-refractivity contribution in [1.82, 2.24) is 4.31 Å². The van der Waals surface area contributed by atoms with Gasteiger partial charge in [0.25, 0.3) is 10.0 Å². The van der Waals surface area contributed by atoms with Crippen LogP contribution < -0.4 is 10.0 Å². The molecule has 4 rings (SSSR count). The molecule has 0 aliphatic carbocycles. The highest BCUT2D eigenvalue weighted by molar-refractivity contribution is 7.92. The molecule has 1 aliphatic rings. The lowest BCUT2D eigenvalue weighted by molar-refractivity contribution is -0.120. The normalized spacial score (nSPS) is 15.2. The third kappa shape index (κ3) is 6.99. The van der Waals surface area contributed by atoms with Crippen LogP contribution in [0.3, 0.4) is 0 Å². The van der Waals surface area contributed by atoms with Crippen molar-refractivity contribution in [2.45, 2.75) is 23.5 Å². The Bertz CT molecular complexity index is 1540. The molecule has 3 aromatic rings. The van der Waals surface area contributed by atoms with Crippen LogP contribution in [-0.4, -0.2) is 40.1 Å². The summed E-state index contributed by atoms with van der Waals surface area (Å²) in [5.41, 5.74) is 1.23. The van der Waals surface area contributed by atoms with Crippen molar-refractivity contribution >= 4 is 72.1 Å². The summed E-state index contributed by atoms with van der Waals surface area (Å²) in [5.74, 6) is -0.838. The molecule has 0 unspecified atom stereocenters. The molecule has 0 spiro atoms. The molecule has 0 aromatic heterocycles. The summed E-state index contributed by atoms with van der Waals surface area (Å²) in [5, 5.41) is 3.70. The first-order chi connectivity index (χ1) is 17.9. The molecule has 0 bridgehead atoms. The van der Waals surface area contributed by atoms with E-state index in [1.807, 2.05) is 0 Å². The molecule has 2 N–H and O–H groups in total. The Morgan fingerprint density at radius 2 is 1.50 bits per heavy atom. The molecule has 1 aliphatic heterocycles. The smallest absolute Gasteiger partial charge is 0.261 e. The summed E-state index contributed by atoms with van der Waals surface area (Å²) in [6, 6.07) is 17.0. The number of carbonyl (C=O) groups excluding carboxylic acids is 1. The standard InChI is InChI=1S/C25H24Cl3N3O5S2/c26-21-10-5-17(15-23(21)28)16-37(33,34)31-13-11-18(12-14-31)25(32)29-19-6-8-20(9-7-19)38(35,36)30-24-4-2-1-3-22(24)27/h1-10,15,18,30H,11-14,16H2,(H,29,32). The van der Waals surface area contributed by atoms with Crippen molar-refractivity contribution in [2.75, 3.05) is 23.1 Å². The van der Waals surface area contributed by atoms with Gasteiger partial charge >= 0.3 is 0 Å². The van der Waals surface area contributed by atoms with Gasteiger partial charge in [-0.3, -0.25) is 9.52 Å². The van der Waals surface area contributed by atoms with Crippen molar-refractivity contribution in [3.63, 3.8) is 0 Å². The van der Waals surface area contributed by atoms with E-state index < -0.39 is 20.0 Å². The van der Waals surface area contributed by atoms with E-state index in [1.54, 1.807) is 36.4 Å². The predicted octanol–water partition coefficient (Wildman–Crippen LogP) is 5.63. The molecular formula is C25H24Cl3N3O5S2. The van der Waals surface area contributed by atoms with E-state index >= 15 is 0 Å². The summed E-state index contributed by atoms with van der Waals surface area (Å²) in [4.78, 5) is 12.8. The van der Waals surface area contributed by atoms with E-state index in [-0.39, 0.29) is 51.3 Å². The number of carbonyl (C=O) groups is 1. The monoisotopic (exact) mass is 615 g/mol. The predicted molar refractivity (Wildman–Crippen MR) is 151 cm³/mol. The lowest BCUT2D eigenvalue weighted by atomic mass is 9.97. The maximum atomic E-state index is 12.9. The van der Waals surface area contributed by atoms with E-state index in [0.717, 1.165) is 0 Å². The summed E-state index contributed by atoms with van der Waals surface area (Å²) >= 11 is 17.9. The van der Waals surface area contributed by atoms with Crippen LogP contribution in [0.25, 0.3) is 0 Å². The zero-order valence-electron chi connectivity index (χ0n) is 19.9. The first-order valence-corrected chi connectivity index (χ1v) is 15.8. The zero-order valence-corrected chi connectivity index (χ0v) is 23.8. The average Bonchev–Trinajstić information content (AvgIpc) is 2.88. The third-order valence-corrected chi connectivity index (χ3v) is 10.4. The molecule has 38 heavy (non-hydrogen) atoms. The maximum Gasteiger partial charge on any atom is 0.261 e. The zero-order chi connectivity index (χ0) is 27.5. The lowest BCUT2D eigenvalue weighted by Gasteiger charge is -2.30. The molecule has 13 heteroatoms. The highest BCUT2D eigenvalue weighted by Gasteiger charge is 2.31. The number of nitrogens with zero attached hydrogens (tertiary/aromatic N) is 1. The quantitative estimate of drug-likeness (QED) is 0.341. The van der Waals surface area contributed by atoms with Crippen LogP contribution in [0.5, 0.6) is 0 Å².